The summed E-state index contributed by atoms with van der Waals surface area (Å²) in [6, 6.07) is 5.86. The van der Waals surface area contributed by atoms with Crippen LogP contribution in [0.1, 0.15) is 20.3 Å². The monoisotopic (exact) mass is 337 g/mol. The van der Waals surface area contributed by atoms with Crippen molar-refractivity contribution < 1.29 is 13.2 Å². The van der Waals surface area contributed by atoms with Gasteiger partial charge in [0.05, 0.1) is 4.90 Å². The van der Waals surface area contributed by atoms with Gasteiger partial charge in [0.1, 0.15) is 19.2 Å². The van der Waals surface area contributed by atoms with Crippen LogP contribution in [-0.4, -0.2) is 35.1 Å². The van der Waals surface area contributed by atoms with Crippen molar-refractivity contribution in [3.8, 4) is 0 Å². The SMILES string of the molecule is CCC(C)NS(=O)(=O)c1ccc(NC(=O)Cn2cncn2)cc1. The third-order valence-electron chi connectivity index (χ3n) is 3.19. The summed E-state index contributed by atoms with van der Waals surface area (Å²) in [6.45, 7) is 3.74. The van der Waals surface area contributed by atoms with Gasteiger partial charge < -0.3 is 5.32 Å². The molecule has 0 bridgehead atoms. The maximum absolute atomic E-state index is 12.1. The van der Waals surface area contributed by atoms with Crippen LogP contribution in [-0.2, 0) is 21.4 Å². The van der Waals surface area contributed by atoms with Crippen LogP contribution in [0.5, 0.6) is 0 Å². The molecular formula is C14H19N5O3S. The van der Waals surface area contributed by atoms with Crippen molar-refractivity contribution in [2.24, 2.45) is 0 Å². The van der Waals surface area contributed by atoms with E-state index in [4.69, 9.17) is 0 Å². The fraction of sp³-hybridized carbons (Fsp3) is 0.357. The summed E-state index contributed by atoms with van der Waals surface area (Å²) in [5, 5.41) is 6.51. The van der Waals surface area contributed by atoms with Gasteiger partial charge in [0.15, 0.2) is 0 Å². The summed E-state index contributed by atoms with van der Waals surface area (Å²) < 4.78 is 28.2. The van der Waals surface area contributed by atoms with E-state index >= 15 is 0 Å². The van der Waals surface area contributed by atoms with E-state index < -0.39 is 10.0 Å². The quantitative estimate of drug-likeness (QED) is 0.784. The average Bonchev–Trinajstić information content (AvgIpc) is 3.00. The van der Waals surface area contributed by atoms with Gasteiger partial charge in [0.2, 0.25) is 15.9 Å². The number of amides is 1. The second-order valence-electron chi connectivity index (χ2n) is 5.10. The van der Waals surface area contributed by atoms with E-state index in [-0.39, 0.29) is 23.4 Å². The van der Waals surface area contributed by atoms with Gasteiger partial charge in [-0.05, 0) is 37.6 Å². The van der Waals surface area contributed by atoms with E-state index in [1.165, 1.54) is 29.5 Å². The fourth-order valence-corrected chi connectivity index (χ4v) is 3.12. The lowest BCUT2D eigenvalue weighted by Crippen LogP contribution is -2.31. The lowest BCUT2D eigenvalue weighted by Gasteiger charge is -2.12. The summed E-state index contributed by atoms with van der Waals surface area (Å²) in [7, 11) is -3.54. The second-order valence-corrected chi connectivity index (χ2v) is 6.81. The van der Waals surface area contributed by atoms with E-state index in [2.05, 4.69) is 20.1 Å². The van der Waals surface area contributed by atoms with Crippen LogP contribution < -0.4 is 10.0 Å². The van der Waals surface area contributed by atoms with Gasteiger partial charge in [0.25, 0.3) is 0 Å². The summed E-state index contributed by atoms with van der Waals surface area (Å²) in [6.07, 6.45) is 3.49. The molecule has 1 atom stereocenters. The van der Waals surface area contributed by atoms with Gasteiger partial charge in [-0.2, -0.15) is 5.10 Å². The molecule has 9 heteroatoms. The molecule has 0 aliphatic carbocycles. The van der Waals surface area contributed by atoms with Gasteiger partial charge in [0, 0.05) is 11.7 Å². The lowest BCUT2D eigenvalue weighted by atomic mass is 10.3. The highest BCUT2D eigenvalue weighted by atomic mass is 32.2. The van der Waals surface area contributed by atoms with E-state index in [0.717, 1.165) is 0 Å². The van der Waals surface area contributed by atoms with Crippen molar-refractivity contribution in [2.45, 2.75) is 37.8 Å². The van der Waals surface area contributed by atoms with E-state index in [1.807, 2.05) is 6.92 Å². The smallest absolute Gasteiger partial charge is 0.246 e. The number of aromatic nitrogens is 3. The van der Waals surface area contributed by atoms with Crippen molar-refractivity contribution in [3.05, 3.63) is 36.9 Å². The van der Waals surface area contributed by atoms with E-state index in [1.54, 1.807) is 19.1 Å². The Labute approximate surface area is 135 Å². The van der Waals surface area contributed by atoms with Crippen LogP contribution in [0.2, 0.25) is 0 Å². The topological polar surface area (TPSA) is 106 Å². The number of hydrogen-bond acceptors (Lipinski definition) is 5. The van der Waals surface area contributed by atoms with E-state index in [9.17, 15) is 13.2 Å². The molecule has 0 spiro atoms. The first-order valence-electron chi connectivity index (χ1n) is 7.15. The predicted molar refractivity (Wildman–Crippen MR) is 85.2 cm³/mol. The summed E-state index contributed by atoms with van der Waals surface area (Å²) in [5.74, 6) is -0.274. The van der Waals surface area contributed by atoms with Gasteiger partial charge >= 0.3 is 0 Å². The Kier molecular flexibility index (Phi) is 5.45. The van der Waals surface area contributed by atoms with Crippen molar-refractivity contribution >= 4 is 21.6 Å². The minimum Gasteiger partial charge on any atom is -0.324 e. The molecule has 0 radical (unpaired) electrons. The van der Waals surface area contributed by atoms with Crippen LogP contribution >= 0.6 is 0 Å². The summed E-state index contributed by atoms with van der Waals surface area (Å²) in [5.41, 5.74) is 0.512. The first kappa shape index (κ1) is 17.1. The summed E-state index contributed by atoms with van der Waals surface area (Å²) in [4.78, 5) is 15.7. The summed E-state index contributed by atoms with van der Waals surface area (Å²) >= 11 is 0. The number of benzene rings is 1. The Bertz CT molecular complexity index is 741. The van der Waals surface area contributed by atoms with Gasteiger partial charge in [-0.25, -0.2) is 22.8 Å². The van der Waals surface area contributed by atoms with Crippen LogP contribution in [0.15, 0.2) is 41.8 Å². The molecule has 1 unspecified atom stereocenters. The van der Waals surface area contributed by atoms with Crippen molar-refractivity contribution in [1.29, 1.82) is 0 Å². The van der Waals surface area contributed by atoms with Gasteiger partial charge in [-0.15, -0.1) is 0 Å². The molecule has 124 valence electrons. The molecule has 0 fully saturated rings. The van der Waals surface area contributed by atoms with Crippen LogP contribution in [0.4, 0.5) is 5.69 Å². The van der Waals surface area contributed by atoms with Crippen molar-refractivity contribution in [1.82, 2.24) is 19.5 Å². The number of nitrogens with zero attached hydrogens (tertiary/aromatic N) is 3. The molecule has 2 N–H and O–H groups in total. The highest BCUT2D eigenvalue weighted by Gasteiger charge is 2.16. The number of sulfonamides is 1. The Balaban J connectivity index is 2.00. The molecule has 0 aliphatic heterocycles. The molecule has 0 saturated carbocycles. The Morgan fingerprint density at radius 2 is 2.00 bits per heavy atom. The van der Waals surface area contributed by atoms with Crippen LogP contribution in [0.3, 0.4) is 0 Å². The van der Waals surface area contributed by atoms with Crippen LogP contribution in [0, 0.1) is 0 Å². The number of carbonyl (C=O) groups is 1. The molecule has 0 aliphatic rings. The number of nitrogens with one attached hydrogen (secondary N) is 2. The first-order valence-corrected chi connectivity index (χ1v) is 8.63. The lowest BCUT2D eigenvalue weighted by molar-refractivity contribution is -0.116. The number of anilines is 1. The zero-order valence-electron chi connectivity index (χ0n) is 12.9. The first-order chi connectivity index (χ1) is 10.9. The average molecular weight is 337 g/mol. The highest BCUT2D eigenvalue weighted by molar-refractivity contribution is 7.89. The number of rotatable bonds is 7. The molecule has 1 amide bonds. The molecule has 2 aromatic rings. The molecule has 1 aromatic carbocycles. The molecule has 8 nitrogen and oxygen atoms in total. The highest BCUT2D eigenvalue weighted by Crippen LogP contribution is 2.14. The molecule has 0 saturated heterocycles. The Morgan fingerprint density at radius 1 is 1.30 bits per heavy atom. The largest absolute Gasteiger partial charge is 0.324 e. The number of carbonyl (C=O) groups excluding carboxylic acids is 1. The molecule has 1 aromatic heterocycles. The minimum absolute atomic E-state index is 0.0373. The molecular weight excluding hydrogens is 318 g/mol. The van der Waals surface area contributed by atoms with Crippen LogP contribution in [0.25, 0.3) is 0 Å². The normalized spacial score (nSPS) is 12.8. The van der Waals surface area contributed by atoms with Gasteiger partial charge in [-0.1, -0.05) is 6.92 Å². The van der Waals surface area contributed by atoms with Crippen molar-refractivity contribution in [2.75, 3.05) is 5.32 Å². The van der Waals surface area contributed by atoms with Gasteiger partial charge in [-0.3, -0.25) is 4.79 Å². The molecule has 1 heterocycles. The number of hydrogen-bond donors (Lipinski definition) is 2. The zero-order chi connectivity index (χ0) is 16.9. The maximum Gasteiger partial charge on any atom is 0.246 e. The fourth-order valence-electron chi connectivity index (χ4n) is 1.80. The Hall–Kier alpha value is -2.26. The Morgan fingerprint density at radius 3 is 2.57 bits per heavy atom. The van der Waals surface area contributed by atoms with Crippen molar-refractivity contribution in [3.63, 3.8) is 0 Å². The second kappa shape index (κ2) is 7.34. The third kappa shape index (κ3) is 4.86. The predicted octanol–water partition coefficient (Wildman–Crippen LogP) is 0.994. The maximum atomic E-state index is 12.1. The third-order valence-corrected chi connectivity index (χ3v) is 4.79. The molecule has 2 rings (SSSR count). The molecule has 23 heavy (non-hydrogen) atoms. The minimum atomic E-state index is -3.54. The standard InChI is InChI=1S/C14H19N5O3S/c1-3-11(2)18-23(21,22)13-6-4-12(5-7-13)17-14(20)8-19-10-15-9-16-19/h4-7,9-11,18H,3,8H2,1-2H3,(H,17,20). The van der Waals surface area contributed by atoms with E-state index in [0.29, 0.717) is 12.1 Å². The zero-order valence-corrected chi connectivity index (χ0v) is 13.7.